The summed E-state index contributed by atoms with van der Waals surface area (Å²) in [5.41, 5.74) is 2.00. The van der Waals surface area contributed by atoms with E-state index in [-0.39, 0.29) is 12.0 Å². The minimum atomic E-state index is -3.57. The van der Waals surface area contributed by atoms with Crippen LogP contribution in [-0.2, 0) is 6.42 Å². The Labute approximate surface area is 94.4 Å². The Morgan fingerprint density at radius 1 is 1.31 bits per heavy atom. The summed E-state index contributed by atoms with van der Waals surface area (Å²) in [5, 5.41) is -3.57. The summed E-state index contributed by atoms with van der Waals surface area (Å²) in [6, 6.07) is 1.30. The van der Waals surface area contributed by atoms with Crippen molar-refractivity contribution in [2.45, 2.75) is 17.8 Å². The van der Waals surface area contributed by atoms with E-state index in [1.807, 2.05) is 5.43 Å². The van der Waals surface area contributed by atoms with Crippen LogP contribution in [-0.4, -0.2) is 11.4 Å². The summed E-state index contributed by atoms with van der Waals surface area (Å²) >= 11 is 4.78. The highest BCUT2D eigenvalue weighted by molar-refractivity contribution is 6.22. The maximum absolute atomic E-state index is 12.8. The second-order valence-corrected chi connectivity index (χ2v) is 3.72. The zero-order valence-corrected chi connectivity index (χ0v) is 8.74. The van der Waals surface area contributed by atoms with Gasteiger partial charge in [-0.3, -0.25) is 5.84 Å². The topological polar surface area (TPSA) is 38.0 Å². The zero-order valence-electron chi connectivity index (χ0n) is 7.98. The second-order valence-electron chi connectivity index (χ2n) is 3.21. The number of hydrazine groups is 1. The molecule has 90 valence electrons. The van der Waals surface area contributed by atoms with Crippen LogP contribution in [0.1, 0.15) is 5.56 Å². The average molecular weight is 257 g/mol. The van der Waals surface area contributed by atoms with Crippen molar-refractivity contribution in [3.63, 3.8) is 0 Å². The number of benzene rings is 1. The quantitative estimate of drug-likeness (QED) is 0.375. The van der Waals surface area contributed by atoms with Crippen LogP contribution in [0.4, 0.5) is 17.6 Å². The van der Waals surface area contributed by atoms with Gasteiger partial charge in [-0.25, -0.2) is 14.2 Å². The Kier molecular flexibility index (Phi) is 4.12. The van der Waals surface area contributed by atoms with Gasteiger partial charge in [0.2, 0.25) is 0 Å². The fourth-order valence-corrected chi connectivity index (χ4v) is 1.31. The SMILES string of the molecule is NNC(Cc1ccc(F)c(F)c1)C(F)(F)Cl. The van der Waals surface area contributed by atoms with Gasteiger partial charge in [-0.05, 0) is 35.7 Å². The van der Waals surface area contributed by atoms with Crippen molar-refractivity contribution < 1.29 is 17.6 Å². The minimum absolute atomic E-state index is 0.169. The summed E-state index contributed by atoms with van der Waals surface area (Å²) < 4.78 is 50.8. The Hall–Kier alpha value is -0.850. The molecule has 0 heterocycles. The molecule has 0 saturated heterocycles. The molecule has 0 fully saturated rings. The lowest BCUT2D eigenvalue weighted by atomic mass is 10.1. The van der Waals surface area contributed by atoms with E-state index >= 15 is 0 Å². The highest BCUT2D eigenvalue weighted by Crippen LogP contribution is 2.26. The monoisotopic (exact) mass is 256 g/mol. The van der Waals surface area contributed by atoms with Gasteiger partial charge in [0.15, 0.2) is 11.6 Å². The van der Waals surface area contributed by atoms with E-state index in [2.05, 4.69) is 0 Å². The minimum Gasteiger partial charge on any atom is -0.271 e. The third-order valence-electron chi connectivity index (χ3n) is 2.02. The molecule has 0 saturated carbocycles. The summed E-state index contributed by atoms with van der Waals surface area (Å²) in [6.07, 6.45) is -0.315. The van der Waals surface area contributed by atoms with E-state index in [9.17, 15) is 17.6 Å². The van der Waals surface area contributed by atoms with Crippen molar-refractivity contribution in [2.75, 3.05) is 0 Å². The molecule has 1 aromatic rings. The normalized spacial score (nSPS) is 13.9. The number of hydrogen-bond donors (Lipinski definition) is 2. The Balaban J connectivity index is 2.83. The smallest absolute Gasteiger partial charge is 0.271 e. The Bertz CT molecular complexity index is 367. The van der Waals surface area contributed by atoms with E-state index in [0.29, 0.717) is 0 Å². The van der Waals surface area contributed by atoms with Crippen molar-refractivity contribution in [1.29, 1.82) is 0 Å². The molecule has 0 aromatic heterocycles. The first-order valence-corrected chi connectivity index (χ1v) is 4.69. The maximum Gasteiger partial charge on any atom is 0.338 e. The number of rotatable bonds is 4. The molecule has 1 atom stereocenters. The number of nitrogens with two attached hydrogens (primary N) is 1. The molecule has 0 amide bonds. The molecule has 2 nitrogen and oxygen atoms in total. The highest BCUT2D eigenvalue weighted by atomic mass is 35.5. The van der Waals surface area contributed by atoms with E-state index in [1.54, 1.807) is 0 Å². The first kappa shape index (κ1) is 13.2. The van der Waals surface area contributed by atoms with Gasteiger partial charge in [-0.15, -0.1) is 0 Å². The largest absolute Gasteiger partial charge is 0.338 e. The van der Waals surface area contributed by atoms with Crippen LogP contribution >= 0.6 is 11.6 Å². The molecule has 1 rings (SSSR count). The lowest BCUT2D eigenvalue weighted by Crippen LogP contribution is -2.46. The predicted octanol–water partition coefficient (Wildman–Crippen LogP) is 2.17. The molecular formula is C9H9ClF4N2. The van der Waals surface area contributed by atoms with Crippen LogP contribution in [0, 0.1) is 11.6 Å². The lowest BCUT2D eigenvalue weighted by molar-refractivity contribution is 0.0502. The van der Waals surface area contributed by atoms with Crippen molar-refractivity contribution in [3.8, 4) is 0 Å². The van der Waals surface area contributed by atoms with Gasteiger partial charge < -0.3 is 0 Å². The van der Waals surface area contributed by atoms with Crippen LogP contribution in [0.3, 0.4) is 0 Å². The molecule has 0 aliphatic heterocycles. The van der Waals surface area contributed by atoms with Crippen LogP contribution < -0.4 is 11.3 Å². The molecule has 0 aliphatic carbocycles. The first-order valence-electron chi connectivity index (χ1n) is 4.31. The second kappa shape index (κ2) is 4.99. The average Bonchev–Trinajstić information content (AvgIpc) is 2.18. The molecule has 3 N–H and O–H groups in total. The summed E-state index contributed by atoms with van der Waals surface area (Å²) in [6.45, 7) is 0. The number of hydrogen-bond acceptors (Lipinski definition) is 2. The van der Waals surface area contributed by atoms with Crippen LogP contribution in [0.2, 0.25) is 0 Å². The summed E-state index contributed by atoms with van der Waals surface area (Å²) in [4.78, 5) is 0. The van der Waals surface area contributed by atoms with E-state index in [0.717, 1.165) is 12.1 Å². The van der Waals surface area contributed by atoms with E-state index in [1.165, 1.54) is 6.07 Å². The first-order chi connectivity index (χ1) is 7.34. The third-order valence-corrected chi connectivity index (χ3v) is 2.28. The number of alkyl halides is 3. The predicted molar refractivity (Wildman–Crippen MR) is 52.0 cm³/mol. The van der Waals surface area contributed by atoms with Crippen molar-refractivity contribution in [3.05, 3.63) is 35.4 Å². The van der Waals surface area contributed by atoms with Gasteiger partial charge in [0, 0.05) is 0 Å². The molecule has 0 aliphatic rings. The van der Waals surface area contributed by atoms with Crippen molar-refractivity contribution in [2.24, 2.45) is 5.84 Å². The van der Waals surface area contributed by atoms with Gasteiger partial charge in [-0.1, -0.05) is 6.07 Å². The zero-order chi connectivity index (χ0) is 12.3. The van der Waals surface area contributed by atoms with Gasteiger partial charge in [0.05, 0.1) is 0 Å². The number of halogens is 5. The third kappa shape index (κ3) is 3.33. The van der Waals surface area contributed by atoms with Gasteiger partial charge in [-0.2, -0.15) is 8.78 Å². The fraction of sp³-hybridized carbons (Fsp3) is 0.333. The van der Waals surface area contributed by atoms with E-state index in [4.69, 9.17) is 17.4 Å². The lowest BCUT2D eigenvalue weighted by Gasteiger charge is -2.20. The van der Waals surface area contributed by atoms with Crippen molar-refractivity contribution in [1.82, 2.24) is 5.43 Å². The molecule has 0 spiro atoms. The van der Waals surface area contributed by atoms with Crippen LogP contribution in [0.25, 0.3) is 0 Å². The maximum atomic E-state index is 12.8. The van der Waals surface area contributed by atoms with Crippen LogP contribution in [0.15, 0.2) is 18.2 Å². The van der Waals surface area contributed by atoms with Gasteiger partial charge in [0.1, 0.15) is 6.04 Å². The molecule has 0 radical (unpaired) electrons. The number of nitrogens with one attached hydrogen (secondary N) is 1. The molecule has 1 unspecified atom stereocenters. The van der Waals surface area contributed by atoms with Gasteiger partial charge >= 0.3 is 5.38 Å². The fourth-order valence-electron chi connectivity index (χ4n) is 1.17. The standard InChI is InChI=1S/C9H9ClF4N2/c10-9(13,14)8(16-15)4-5-1-2-6(11)7(12)3-5/h1-3,8,16H,4,15H2. The molecule has 1 aromatic carbocycles. The molecule has 16 heavy (non-hydrogen) atoms. The molecular weight excluding hydrogens is 248 g/mol. The Morgan fingerprint density at radius 3 is 2.38 bits per heavy atom. The molecule has 7 heteroatoms. The van der Waals surface area contributed by atoms with E-state index < -0.39 is 23.1 Å². The summed E-state index contributed by atoms with van der Waals surface area (Å²) in [5.74, 6) is 2.74. The van der Waals surface area contributed by atoms with Gasteiger partial charge in [0.25, 0.3) is 0 Å². The van der Waals surface area contributed by atoms with Crippen LogP contribution in [0.5, 0.6) is 0 Å². The highest BCUT2D eigenvalue weighted by Gasteiger charge is 2.36. The molecule has 0 bridgehead atoms. The Morgan fingerprint density at radius 2 is 1.94 bits per heavy atom. The van der Waals surface area contributed by atoms with Crippen molar-refractivity contribution >= 4 is 11.6 Å². The summed E-state index contributed by atoms with van der Waals surface area (Å²) in [7, 11) is 0.